The number of benzene rings is 1. The Morgan fingerprint density at radius 3 is 2.46 bits per heavy atom. The molecular formula is C17H9ClF3NO2. The number of Topliss-reactive ketones (excluding diaryl/α,β-unsaturated/α-hetero) is 1. The monoisotopic (exact) mass is 351 g/mol. The second kappa shape index (κ2) is 5.87. The molecule has 1 aromatic carbocycles. The van der Waals surface area contributed by atoms with E-state index in [1.165, 1.54) is 18.2 Å². The number of hydrogen-bond donors (Lipinski definition) is 0. The lowest BCUT2D eigenvalue weighted by atomic mass is 9.87. The van der Waals surface area contributed by atoms with Crippen molar-refractivity contribution in [1.29, 1.82) is 0 Å². The number of allylic oxidation sites excluding steroid dienone is 2. The first-order valence-electron chi connectivity index (χ1n) is 6.87. The van der Waals surface area contributed by atoms with E-state index in [1.54, 1.807) is 6.07 Å². The van der Waals surface area contributed by atoms with E-state index in [2.05, 4.69) is 4.98 Å². The first-order chi connectivity index (χ1) is 11.3. The second-order valence-electron chi connectivity index (χ2n) is 5.24. The normalized spacial score (nSPS) is 14.4. The lowest BCUT2D eigenvalue weighted by Crippen LogP contribution is -2.19. The zero-order valence-electron chi connectivity index (χ0n) is 12.0. The molecule has 3 rings (SSSR count). The van der Waals surface area contributed by atoms with Gasteiger partial charge in [-0.05, 0) is 24.3 Å². The van der Waals surface area contributed by atoms with Gasteiger partial charge in [-0.1, -0.05) is 23.7 Å². The van der Waals surface area contributed by atoms with Crippen LogP contribution in [-0.4, -0.2) is 16.6 Å². The molecule has 24 heavy (non-hydrogen) atoms. The second-order valence-corrected chi connectivity index (χ2v) is 5.65. The average molecular weight is 352 g/mol. The lowest BCUT2D eigenvalue weighted by molar-refractivity contribution is -0.137. The number of carbonyl (C=O) groups excluding carboxylic acids is 2. The highest BCUT2D eigenvalue weighted by atomic mass is 35.5. The van der Waals surface area contributed by atoms with Crippen molar-refractivity contribution in [1.82, 2.24) is 4.98 Å². The molecule has 0 bridgehead atoms. The standard InChI is InChI=1S/C17H9ClF3NO2/c18-13-3-1-2-12-15(13)14(23)7-9(16(12)24)6-11-5-4-10(8-22-11)17(19,20)21/h1-5,7-8H,6H2. The van der Waals surface area contributed by atoms with Gasteiger partial charge < -0.3 is 0 Å². The SMILES string of the molecule is O=C1C(Cc2ccc(C(F)(F)F)cn2)=CC(=O)c2c(Cl)cccc21. The van der Waals surface area contributed by atoms with Crippen LogP contribution in [0, 0.1) is 0 Å². The highest BCUT2D eigenvalue weighted by Gasteiger charge is 2.31. The molecule has 0 spiro atoms. The third-order valence-corrected chi connectivity index (χ3v) is 3.94. The van der Waals surface area contributed by atoms with Gasteiger partial charge in [0.1, 0.15) is 0 Å². The summed E-state index contributed by atoms with van der Waals surface area (Å²) in [4.78, 5) is 28.3. The number of aromatic nitrogens is 1. The average Bonchev–Trinajstić information content (AvgIpc) is 2.52. The van der Waals surface area contributed by atoms with E-state index in [0.717, 1.165) is 12.1 Å². The fourth-order valence-corrected chi connectivity index (χ4v) is 2.72. The molecule has 2 aromatic rings. The van der Waals surface area contributed by atoms with Crippen molar-refractivity contribution in [3.8, 4) is 0 Å². The van der Waals surface area contributed by atoms with Crippen molar-refractivity contribution < 1.29 is 22.8 Å². The number of ketones is 2. The molecule has 122 valence electrons. The van der Waals surface area contributed by atoms with E-state index in [-0.39, 0.29) is 39.6 Å². The Morgan fingerprint density at radius 1 is 1.08 bits per heavy atom. The van der Waals surface area contributed by atoms with Crippen molar-refractivity contribution in [2.75, 3.05) is 0 Å². The van der Waals surface area contributed by atoms with Crippen LogP contribution in [0.5, 0.6) is 0 Å². The third kappa shape index (κ3) is 2.97. The Kier molecular flexibility index (Phi) is 4.01. The fraction of sp³-hybridized carbons (Fsp3) is 0.118. The van der Waals surface area contributed by atoms with Gasteiger partial charge in [0.25, 0.3) is 0 Å². The molecule has 1 aliphatic rings. The maximum absolute atomic E-state index is 12.5. The Bertz CT molecular complexity index is 870. The summed E-state index contributed by atoms with van der Waals surface area (Å²) in [6.45, 7) is 0. The van der Waals surface area contributed by atoms with Gasteiger partial charge in [-0.15, -0.1) is 0 Å². The van der Waals surface area contributed by atoms with Crippen LogP contribution < -0.4 is 0 Å². The zero-order valence-corrected chi connectivity index (χ0v) is 12.8. The highest BCUT2D eigenvalue weighted by Crippen LogP contribution is 2.30. The van der Waals surface area contributed by atoms with Crippen molar-refractivity contribution in [2.24, 2.45) is 0 Å². The minimum absolute atomic E-state index is 0.0331. The van der Waals surface area contributed by atoms with Crippen molar-refractivity contribution in [3.05, 3.63) is 75.6 Å². The molecule has 0 atom stereocenters. The predicted molar refractivity (Wildman–Crippen MR) is 81.1 cm³/mol. The van der Waals surface area contributed by atoms with Gasteiger partial charge >= 0.3 is 6.18 Å². The van der Waals surface area contributed by atoms with Crippen molar-refractivity contribution in [3.63, 3.8) is 0 Å². The van der Waals surface area contributed by atoms with Gasteiger partial charge in [-0.25, -0.2) is 0 Å². The summed E-state index contributed by atoms with van der Waals surface area (Å²) in [5.74, 6) is -0.786. The Labute approximate surface area is 139 Å². The molecule has 1 aliphatic carbocycles. The molecule has 0 aliphatic heterocycles. The van der Waals surface area contributed by atoms with Gasteiger partial charge in [0.15, 0.2) is 11.6 Å². The number of hydrogen-bond acceptors (Lipinski definition) is 3. The summed E-state index contributed by atoms with van der Waals surface area (Å²) in [7, 11) is 0. The van der Waals surface area contributed by atoms with E-state index in [1.807, 2.05) is 0 Å². The molecular weight excluding hydrogens is 343 g/mol. The van der Waals surface area contributed by atoms with Gasteiger partial charge in [-0.3, -0.25) is 14.6 Å². The minimum Gasteiger partial charge on any atom is -0.289 e. The minimum atomic E-state index is -4.48. The van der Waals surface area contributed by atoms with Crippen LogP contribution in [0.25, 0.3) is 0 Å². The molecule has 0 saturated carbocycles. The molecule has 1 aromatic heterocycles. The maximum atomic E-state index is 12.5. The number of fused-ring (bicyclic) bond motifs is 1. The van der Waals surface area contributed by atoms with E-state index in [4.69, 9.17) is 11.6 Å². The van der Waals surface area contributed by atoms with Crippen molar-refractivity contribution >= 4 is 23.2 Å². The Balaban J connectivity index is 1.89. The summed E-state index contributed by atoms with van der Waals surface area (Å²) in [6.07, 6.45) is -2.64. The van der Waals surface area contributed by atoms with Gasteiger partial charge in [0.05, 0.1) is 16.1 Å². The van der Waals surface area contributed by atoms with Crippen LogP contribution >= 0.6 is 11.6 Å². The molecule has 0 fully saturated rings. The van der Waals surface area contributed by atoms with Crippen molar-refractivity contribution in [2.45, 2.75) is 12.6 Å². The molecule has 0 radical (unpaired) electrons. The van der Waals surface area contributed by atoms with E-state index in [0.29, 0.717) is 6.20 Å². The van der Waals surface area contributed by atoms with E-state index < -0.39 is 17.5 Å². The van der Waals surface area contributed by atoms with Crippen LogP contribution in [0.15, 0.2) is 48.2 Å². The number of carbonyl (C=O) groups is 2. The van der Waals surface area contributed by atoms with Crippen LogP contribution in [0.1, 0.15) is 32.0 Å². The summed E-state index contributed by atoms with van der Waals surface area (Å²) in [5.41, 5.74) is -0.100. The van der Waals surface area contributed by atoms with Gasteiger partial charge in [0, 0.05) is 29.4 Å². The first kappa shape index (κ1) is 16.4. The zero-order chi connectivity index (χ0) is 17.5. The lowest BCUT2D eigenvalue weighted by Gasteiger charge is -2.16. The number of rotatable bonds is 2. The van der Waals surface area contributed by atoms with Crippen LogP contribution in [0.4, 0.5) is 13.2 Å². The van der Waals surface area contributed by atoms with E-state index in [9.17, 15) is 22.8 Å². The summed E-state index contributed by atoms with van der Waals surface area (Å²) in [5, 5.41) is 0.189. The summed E-state index contributed by atoms with van der Waals surface area (Å²) in [6, 6.07) is 6.65. The molecule has 0 amide bonds. The number of nitrogens with zero attached hydrogens (tertiary/aromatic N) is 1. The Hall–Kier alpha value is -2.47. The summed E-state index contributed by atoms with van der Waals surface area (Å²) < 4.78 is 37.6. The number of halogens is 4. The predicted octanol–water partition coefficient (Wildman–Crippen LogP) is 4.30. The van der Waals surface area contributed by atoms with Crippen LogP contribution in [-0.2, 0) is 12.6 Å². The third-order valence-electron chi connectivity index (χ3n) is 3.63. The number of pyridine rings is 1. The molecule has 0 N–H and O–H groups in total. The molecule has 1 heterocycles. The van der Waals surface area contributed by atoms with E-state index >= 15 is 0 Å². The smallest absolute Gasteiger partial charge is 0.289 e. The Morgan fingerprint density at radius 2 is 1.83 bits per heavy atom. The maximum Gasteiger partial charge on any atom is 0.417 e. The van der Waals surface area contributed by atoms with Gasteiger partial charge in [0.2, 0.25) is 0 Å². The largest absolute Gasteiger partial charge is 0.417 e. The molecule has 7 heteroatoms. The fourth-order valence-electron chi connectivity index (χ4n) is 2.46. The first-order valence-corrected chi connectivity index (χ1v) is 7.25. The highest BCUT2D eigenvalue weighted by molar-refractivity contribution is 6.37. The summed E-state index contributed by atoms with van der Waals surface area (Å²) >= 11 is 5.95. The van der Waals surface area contributed by atoms with Crippen LogP contribution in [0.2, 0.25) is 5.02 Å². The van der Waals surface area contributed by atoms with Crippen LogP contribution in [0.3, 0.4) is 0 Å². The van der Waals surface area contributed by atoms with Gasteiger partial charge in [-0.2, -0.15) is 13.2 Å². The molecule has 0 saturated heterocycles. The topological polar surface area (TPSA) is 47.0 Å². The molecule has 3 nitrogen and oxygen atoms in total. The quantitative estimate of drug-likeness (QED) is 0.810. The molecule has 0 unspecified atom stereocenters. The number of alkyl halides is 3.